The largest absolute Gasteiger partial charge is 0.457 e. The Morgan fingerprint density at radius 1 is 1.17 bits per heavy atom. The molecule has 0 spiro atoms. The number of anilines is 3. The number of rotatable bonds is 6. The van der Waals surface area contributed by atoms with E-state index in [2.05, 4.69) is 37.1 Å². The molecule has 0 unspecified atom stereocenters. The molecule has 0 radical (unpaired) electrons. The van der Waals surface area contributed by atoms with Crippen molar-refractivity contribution in [1.82, 2.24) is 34.8 Å². The van der Waals surface area contributed by atoms with Gasteiger partial charge in [-0.05, 0) is 63.2 Å². The lowest BCUT2D eigenvalue weighted by atomic mass is 9.98. The van der Waals surface area contributed by atoms with Crippen molar-refractivity contribution in [3.8, 4) is 11.5 Å². The second-order valence-electron chi connectivity index (χ2n) is 10.6. The summed E-state index contributed by atoms with van der Waals surface area (Å²) in [7, 11) is 1.75. The molecular weight excluding hydrogens is 537 g/mol. The normalized spacial score (nSPS) is 16.1. The van der Waals surface area contributed by atoms with Crippen LogP contribution in [0.25, 0.3) is 22.1 Å². The Morgan fingerprint density at radius 2 is 2.02 bits per heavy atom. The Bertz CT molecular complexity index is 1960. The number of fused-ring (bicyclic) bond motifs is 2. The topological polar surface area (TPSA) is 114 Å². The minimum Gasteiger partial charge on any atom is -0.457 e. The van der Waals surface area contributed by atoms with Crippen LogP contribution in [0.4, 0.5) is 21.7 Å². The Morgan fingerprint density at radius 3 is 2.81 bits per heavy atom. The number of aryl methyl sites for hydroxylation is 1. The molecule has 42 heavy (non-hydrogen) atoms. The molecule has 6 rings (SSSR count). The van der Waals surface area contributed by atoms with Crippen molar-refractivity contribution in [1.29, 1.82) is 0 Å². The van der Waals surface area contributed by atoms with E-state index >= 15 is 4.39 Å². The van der Waals surface area contributed by atoms with E-state index in [-0.39, 0.29) is 28.9 Å². The number of hydrogen-bond donors (Lipinski definition) is 1. The van der Waals surface area contributed by atoms with Crippen LogP contribution in [-0.2, 0) is 11.8 Å². The summed E-state index contributed by atoms with van der Waals surface area (Å²) in [6.07, 6.45) is 2.63. The third-order valence-electron chi connectivity index (χ3n) is 7.30. The number of carbonyl (C=O) groups excluding carboxylic acids is 1. The molecule has 11 nitrogen and oxygen atoms in total. The van der Waals surface area contributed by atoms with Gasteiger partial charge in [-0.2, -0.15) is 0 Å². The Hall–Kier alpha value is -5.13. The Balaban J connectivity index is 1.32. The molecule has 1 N–H and O–H groups in total. The highest BCUT2D eigenvalue weighted by molar-refractivity contribution is 5.89. The predicted molar refractivity (Wildman–Crippen MR) is 159 cm³/mol. The lowest BCUT2D eigenvalue weighted by molar-refractivity contribution is -0.131. The van der Waals surface area contributed by atoms with E-state index < -0.39 is 23.8 Å². The zero-order chi connectivity index (χ0) is 32.1. The first-order valence-corrected chi connectivity index (χ1v) is 13.2. The number of carbonyl (C=O) groups is 1. The monoisotopic (exact) mass is 570 g/mol. The van der Waals surface area contributed by atoms with Crippen LogP contribution in [0.3, 0.4) is 0 Å². The minimum atomic E-state index is -2.84. The van der Waals surface area contributed by atoms with Gasteiger partial charge in [0.05, 0.1) is 22.3 Å². The quantitative estimate of drug-likeness (QED) is 0.285. The van der Waals surface area contributed by atoms with Crippen molar-refractivity contribution >= 4 is 45.3 Å². The van der Waals surface area contributed by atoms with Crippen molar-refractivity contribution in [2.75, 3.05) is 29.9 Å². The number of aromatic nitrogens is 6. The minimum absolute atomic E-state index is 0.122. The molecule has 214 valence electrons. The van der Waals surface area contributed by atoms with Gasteiger partial charge in [-0.3, -0.25) is 4.79 Å². The van der Waals surface area contributed by atoms with E-state index in [0.717, 1.165) is 5.52 Å². The van der Waals surface area contributed by atoms with Crippen LogP contribution >= 0.6 is 0 Å². The average molecular weight is 571 g/mol. The van der Waals surface area contributed by atoms with Crippen LogP contribution in [0.2, 0.25) is 0 Å². The van der Waals surface area contributed by atoms with Gasteiger partial charge in [0.15, 0.2) is 11.6 Å². The second kappa shape index (κ2) is 10.4. The van der Waals surface area contributed by atoms with E-state index in [9.17, 15) is 4.79 Å². The lowest BCUT2D eigenvalue weighted by Gasteiger charge is -2.47. The maximum absolute atomic E-state index is 16.0. The first kappa shape index (κ1) is 23.6. The summed E-state index contributed by atoms with van der Waals surface area (Å²) in [6, 6.07) is 11.4. The van der Waals surface area contributed by atoms with E-state index in [1.165, 1.54) is 24.5 Å². The summed E-state index contributed by atoms with van der Waals surface area (Å²) < 4.78 is 47.7. The average Bonchev–Trinajstić information content (AvgIpc) is 3.36. The van der Waals surface area contributed by atoms with Crippen LogP contribution < -0.4 is 15.0 Å². The fourth-order valence-electron chi connectivity index (χ4n) is 5.14. The van der Waals surface area contributed by atoms with Gasteiger partial charge in [0.25, 0.3) is 0 Å². The highest BCUT2D eigenvalue weighted by atomic mass is 19.1. The van der Waals surface area contributed by atoms with E-state index in [4.69, 9.17) is 13.8 Å². The lowest BCUT2D eigenvalue weighted by Crippen LogP contribution is -2.61. The molecule has 0 aliphatic carbocycles. The molecule has 1 saturated heterocycles. The zero-order valence-corrected chi connectivity index (χ0v) is 23.3. The number of ether oxygens (including phenoxy) is 1. The number of benzene rings is 2. The number of hydrogen-bond acceptors (Lipinski definition) is 9. The van der Waals surface area contributed by atoms with E-state index in [0.29, 0.717) is 42.0 Å². The third kappa shape index (κ3) is 4.84. The molecule has 12 heteroatoms. The molecule has 4 heterocycles. The van der Waals surface area contributed by atoms with Gasteiger partial charge in [0.1, 0.15) is 34.7 Å². The molecule has 3 aromatic heterocycles. The maximum Gasteiger partial charge on any atom is 0.246 e. The van der Waals surface area contributed by atoms with Crippen LogP contribution in [-0.4, -0.2) is 65.9 Å². The molecule has 5 aromatic rings. The highest BCUT2D eigenvalue weighted by Crippen LogP contribution is 2.34. The van der Waals surface area contributed by atoms with Crippen LogP contribution in [0.1, 0.15) is 23.5 Å². The first-order chi connectivity index (χ1) is 21.4. The van der Waals surface area contributed by atoms with Crippen molar-refractivity contribution in [2.45, 2.75) is 26.2 Å². The maximum atomic E-state index is 16.0. The summed E-state index contributed by atoms with van der Waals surface area (Å²) >= 11 is 0. The number of nitrogens with zero attached hydrogens (tertiary/aromatic N) is 8. The molecule has 1 aliphatic rings. The van der Waals surface area contributed by atoms with Crippen LogP contribution in [0.15, 0.2) is 61.4 Å². The summed E-state index contributed by atoms with van der Waals surface area (Å²) in [6.45, 7) is 6.27. The van der Waals surface area contributed by atoms with Crippen molar-refractivity contribution in [2.24, 2.45) is 7.05 Å². The fraction of sp³-hybridized carbons (Fsp3) is 0.267. The number of amides is 1. The highest BCUT2D eigenvalue weighted by Gasteiger charge is 2.36. The van der Waals surface area contributed by atoms with Crippen molar-refractivity contribution in [3.05, 3.63) is 72.8 Å². The Kier molecular flexibility index (Phi) is 5.81. The van der Waals surface area contributed by atoms with Crippen molar-refractivity contribution < 1.29 is 18.0 Å². The summed E-state index contributed by atoms with van der Waals surface area (Å²) in [5.74, 6) is -0.200. The summed E-state index contributed by atoms with van der Waals surface area (Å²) in [4.78, 5) is 29.6. The summed E-state index contributed by atoms with van der Waals surface area (Å²) in [5, 5.41) is 10.9. The number of halogens is 1. The first-order valence-electron chi connectivity index (χ1n) is 14.7. The van der Waals surface area contributed by atoms with E-state index in [1.54, 1.807) is 40.9 Å². The predicted octanol–water partition coefficient (Wildman–Crippen LogP) is 4.90. The molecule has 1 fully saturated rings. The molecular formula is C30H30FN9O2. The summed E-state index contributed by atoms with van der Waals surface area (Å²) in [5.41, 5.74) is 0.981. The molecule has 2 aromatic carbocycles. The molecule has 0 saturated carbocycles. The van der Waals surface area contributed by atoms with Gasteiger partial charge in [0.2, 0.25) is 5.91 Å². The van der Waals surface area contributed by atoms with Crippen LogP contribution in [0, 0.1) is 12.7 Å². The van der Waals surface area contributed by atoms with E-state index in [1.807, 2.05) is 19.9 Å². The van der Waals surface area contributed by atoms with Gasteiger partial charge in [-0.15, -0.1) is 5.10 Å². The van der Waals surface area contributed by atoms with Gasteiger partial charge in [-0.1, -0.05) is 11.8 Å². The Labute approximate surface area is 245 Å². The zero-order valence-electron chi connectivity index (χ0n) is 26.3. The van der Waals surface area contributed by atoms with Crippen LogP contribution in [0.5, 0.6) is 11.5 Å². The second-order valence-corrected chi connectivity index (χ2v) is 10.6. The third-order valence-corrected chi connectivity index (χ3v) is 7.30. The molecule has 0 atom stereocenters. The van der Waals surface area contributed by atoms with Gasteiger partial charge in [0, 0.05) is 42.4 Å². The molecule has 0 bridgehead atoms. The van der Waals surface area contributed by atoms with Crippen molar-refractivity contribution in [3.63, 3.8) is 0 Å². The van der Waals surface area contributed by atoms with Gasteiger partial charge in [-0.25, -0.2) is 24.0 Å². The number of pyridine rings is 1. The fourth-order valence-corrected chi connectivity index (χ4v) is 5.14. The standard InChI is InChI=1S/C30H30FN9O2/c1-6-26(41)40-14-13-39(16-30(40,3)4)25-12-9-21-28(35-25)29(33-17-32-21)34-20-8-11-24(18(2)27(20)31)42-19-7-10-23-22(15-19)36-37-38(23)5/h6-12,15,17H,1,13-14,16H2,2-5H3,(H,32,33,34)/i2D3. The molecule has 1 aliphatic heterocycles. The number of nitrogens with one attached hydrogen (secondary N) is 1. The van der Waals surface area contributed by atoms with Gasteiger partial charge >= 0.3 is 0 Å². The van der Waals surface area contributed by atoms with Gasteiger partial charge < -0.3 is 19.9 Å². The number of piperazine rings is 1. The smallest absolute Gasteiger partial charge is 0.246 e. The molecule has 1 amide bonds. The SMILES string of the molecule is [2H]C([2H])([2H])c1c(Oc2ccc3c(c2)nnn3C)ccc(Nc2ncnc3ccc(N4CCN(C(=O)C=C)C(C)(C)C4)nc23)c1F.